The first-order valence-corrected chi connectivity index (χ1v) is 13.4. The van der Waals surface area contributed by atoms with Gasteiger partial charge in [-0.2, -0.15) is 0 Å². The Bertz CT molecular complexity index is 1550. The lowest BCUT2D eigenvalue weighted by Crippen LogP contribution is -2.32. The van der Waals surface area contributed by atoms with Crippen LogP contribution in [0.2, 0.25) is 0 Å². The minimum absolute atomic E-state index is 0.108. The van der Waals surface area contributed by atoms with Crippen LogP contribution < -0.4 is 10.6 Å². The van der Waals surface area contributed by atoms with Crippen molar-refractivity contribution in [2.75, 3.05) is 19.0 Å². The largest absolute Gasteiger partial charge is 0.465 e. The Morgan fingerprint density at radius 1 is 1.07 bits per heavy atom. The molecule has 1 saturated heterocycles. The molecule has 1 aliphatic heterocycles. The molecular weight excluding hydrogens is 524 g/mol. The third-order valence-electron chi connectivity index (χ3n) is 6.96. The van der Waals surface area contributed by atoms with Gasteiger partial charge in [-0.3, -0.25) is 9.78 Å². The fourth-order valence-electron chi connectivity index (χ4n) is 4.90. The Labute approximate surface area is 238 Å². The lowest BCUT2D eigenvalue weighted by Gasteiger charge is -2.26. The average Bonchev–Trinajstić information content (AvgIpc) is 3.58. The number of hydrogen-bond acceptors (Lipinski definition) is 6. The van der Waals surface area contributed by atoms with Crippen LogP contribution in [0, 0.1) is 13.8 Å². The van der Waals surface area contributed by atoms with Gasteiger partial charge in [-0.25, -0.2) is 4.79 Å². The summed E-state index contributed by atoms with van der Waals surface area (Å²) < 4.78 is 11.3. The molecule has 0 bridgehead atoms. The number of furan rings is 1. The fraction of sp³-hybridized carbons (Fsp3) is 0.226. The summed E-state index contributed by atoms with van der Waals surface area (Å²) in [5.74, 6) is 0.609. The summed E-state index contributed by atoms with van der Waals surface area (Å²) in [7, 11) is 1.35. The Balaban J connectivity index is 1.43. The van der Waals surface area contributed by atoms with Gasteiger partial charge in [0.05, 0.1) is 24.4 Å². The zero-order valence-corrected chi connectivity index (χ0v) is 23.3. The molecular formula is C31H30N4O4S. The van der Waals surface area contributed by atoms with Gasteiger partial charge in [0, 0.05) is 30.4 Å². The van der Waals surface area contributed by atoms with Gasteiger partial charge in [-0.05, 0) is 73.6 Å². The molecule has 1 aliphatic rings. The summed E-state index contributed by atoms with van der Waals surface area (Å²) in [4.78, 5) is 31.9. The summed E-state index contributed by atoms with van der Waals surface area (Å²) >= 11 is 5.74. The van der Waals surface area contributed by atoms with Crippen molar-refractivity contribution < 1.29 is 18.7 Å². The van der Waals surface area contributed by atoms with Gasteiger partial charge in [0.2, 0.25) is 5.91 Å². The molecule has 0 radical (unpaired) electrons. The Kier molecular flexibility index (Phi) is 7.93. The van der Waals surface area contributed by atoms with E-state index in [0.717, 1.165) is 22.5 Å². The first kappa shape index (κ1) is 27.1. The van der Waals surface area contributed by atoms with E-state index in [1.807, 2.05) is 79.4 Å². The smallest absolute Gasteiger partial charge is 0.338 e. The molecule has 9 heteroatoms. The number of ether oxygens (including phenoxy) is 1. The molecule has 0 saturated carbocycles. The number of thiocarbonyl (C=S) groups is 1. The van der Waals surface area contributed by atoms with Gasteiger partial charge in [-0.15, -0.1) is 0 Å². The number of esters is 1. The summed E-state index contributed by atoms with van der Waals surface area (Å²) in [5, 5.41) is 6.91. The van der Waals surface area contributed by atoms with E-state index in [-0.39, 0.29) is 24.4 Å². The number of hydrogen-bond donors (Lipinski definition) is 2. The molecule has 0 aliphatic carbocycles. The number of aryl methyl sites for hydroxylation is 2. The van der Waals surface area contributed by atoms with Crippen molar-refractivity contribution in [3.05, 3.63) is 107 Å². The van der Waals surface area contributed by atoms with Crippen LogP contribution in [0.3, 0.4) is 0 Å². The quantitative estimate of drug-likeness (QED) is 0.210. The lowest BCUT2D eigenvalue weighted by atomic mass is 10.0. The maximum absolute atomic E-state index is 13.0. The normalized spacial score (nSPS) is 16.5. The number of pyridine rings is 1. The average molecular weight is 555 g/mol. The second-order valence-electron chi connectivity index (χ2n) is 9.68. The molecule has 5 rings (SSSR count). The van der Waals surface area contributed by atoms with Crippen LogP contribution in [-0.2, 0) is 9.53 Å². The molecule has 2 unspecified atom stereocenters. The van der Waals surface area contributed by atoms with Crippen molar-refractivity contribution in [1.29, 1.82) is 0 Å². The van der Waals surface area contributed by atoms with Gasteiger partial charge in [0.15, 0.2) is 5.11 Å². The van der Waals surface area contributed by atoms with Crippen LogP contribution in [-0.4, -0.2) is 40.5 Å². The predicted octanol–water partition coefficient (Wildman–Crippen LogP) is 5.75. The topological polar surface area (TPSA) is 96.7 Å². The summed E-state index contributed by atoms with van der Waals surface area (Å²) in [6.45, 7) is 4.33. The van der Waals surface area contributed by atoms with E-state index in [4.69, 9.17) is 21.4 Å². The van der Waals surface area contributed by atoms with Crippen LogP contribution >= 0.6 is 12.2 Å². The molecule has 204 valence electrons. The van der Waals surface area contributed by atoms with Crippen LogP contribution in [0.4, 0.5) is 5.69 Å². The number of methoxy groups -OCH3 is 1. The molecule has 2 aromatic carbocycles. The standard InChI is InChI=1S/C31H30N4O4S/c1-19-11-12-20(2)24(18-19)33-27(36)15-17-35-29(28(34-31(35)40)23-10-6-7-16-32-23)26-14-13-25(39-26)21-8-4-5-9-22(21)30(37)38-3/h4-14,16,18,28-29H,15,17H2,1-3H3,(H,33,36)(H,34,40). The van der Waals surface area contributed by atoms with Crippen LogP contribution in [0.1, 0.15) is 51.4 Å². The van der Waals surface area contributed by atoms with E-state index in [1.165, 1.54) is 7.11 Å². The van der Waals surface area contributed by atoms with E-state index >= 15 is 0 Å². The van der Waals surface area contributed by atoms with E-state index in [9.17, 15) is 9.59 Å². The number of anilines is 1. The van der Waals surface area contributed by atoms with Gasteiger partial charge in [-0.1, -0.05) is 36.4 Å². The highest BCUT2D eigenvalue weighted by molar-refractivity contribution is 7.80. The lowest BCUT2D eigenvalue weighted by molar-refractivity contribution is -0.116. The van der Waals surface area contributed by atoms with E-state index in [2.05, 4.69) is 15.6 Å². The van der Waals surface area contributed by atoms with Crippen LogP contribution in [0.25, 0.3) is 11.3 Å². The van der Waals surface area contributed by atoms with Crippen molar-refractivity contribution in [3.8, 4) is 11.3 Å². The first-order chi connectivity index (χ1) is 19.4. The summed E-state index contributed by atoms with van der Waals surface area (Å²) in [6, 6.07) is 21.9. The second kappa shape index (κ2) is 11.7. The van der Waals surface area contributed by atoms with E-state index in [0.29, 0.717) is 34.3 Å². The Hall–Kier alpha value is -4.50. The number of nitrogens with zero attached hydrogens (tertiary/aromatic N) is 2. The third-order valence-corrected chi connectivity index (χ3v) is 7.31. The van der Waals surface area contributed by atoms with Crippen molar-refractivity contribution in [1.82, 2.24) is 15.2 Å². The maximum Gasteiger partial charge on any atom is 0.338 e. The van der Waals surface area contributed by atoms with E-state index < -0.39 is 5.97 Å². The number of amides is 1. The van der Waals surface area contributed by atoms with Crippen molar-refractivity contribution >= 4 is 34.9 Å². The van der Waals surface area contributed by atoms with Crippen molar-refractivity contribution in [2.24, 2.45) is 0 Å². The zero-order chi connectivity index (χ0) is 28.2. The fourth-order valence-corrected chi connectivity index (χ4v) is 5.23. The molecule has 0 spiro atoms. The number of aromatic nitrogens is 1. The SMILES string of the molecule is COC(=O)c1ccccc1-c1ccc(C2C(c3ccccn3)NC(=S)N2CCC(=O)Nc2cc(C)ccc2C)o1. The first-order valence-electron chi connectivity index (χ1n) is 13.0. The van der Waals surface area contributed by atoms with E-state index in [1.54, 1.807) is 18.3 Å². The van der Waals surface area contributed by atoms with Crippen LogP contribution in [0.5, 0.6) is 0 Å². The number of benzene rings is 2. The highest BCUT2D eigenvalue weighted by atomic mass is 32.1. The summed E-state index contributed by atoms with van der Waals surface area (Å²) in [6.07, 6.45) is 1.96. The highest BCUT2D eigenvalue weighted by Gasteiger charge is 2.41. The molecule has 40 heavy (non-hydrogen) atoms. The number of carbonyl (C=O) groups excluding carboxylic acids is 2. The molecule has 1 fully saturated rings. The van der Waals surface area contributed by atoms with Gasteiger partial charge in [0.25, 0.3) is 0 Å². The van der Waals surface area contributed by atoms with Gasteiger partial charge < -0.3 is 24.7 Å². The Morgan fingerprint density at radius 2 is 1.88 bits per heavy atom. The molecule has 1 amide bonds. The third kappa shape index (κ3) is 5.60. The number of nitrogens with one attached hydrogen (secondary N) is 2. The maximum atomic E-state index is 13.0. The molecule has 2 aromatic heterocycles. The molecule has 3 heterocycles. The predicted molar refractivity (Wildman–Crippen MR) is 157 cm³/mol. The van der Waals surface area contributed by atoms with Crippen molar-refractivity contribution in [3.63, 3.8) is 0 Å². The second-order valence-corrected chi connectivity index (χ2v) is 10.1. The molecule has 8 nitrogen and oxygen atoms in total. The molecule has 4 aromatic rings. The summed E-state index contributed by atoms with van der Waals surface area (Å²) in [5.41, 5.74) is 4.71. The zero-order valence-electron chi connectivity index (χ0n) is 22.5. The molecule has 2 N–H and O–H groups in total. The van der Waals surface area contributed by atoms with Gasteiger partial charge >= 0.3 is 5.97 Å². The minimum atomic E-state index is -0.444. The highest BCUT2D eigenvalue weighted by Crippen LogP contribution is 2.41. The number of carbonyl (C=O) groups is 2. The van der Waals surface area contributed by atoms with Crippen molar-refractivity contribution in [2.45, 2.75) is 32.4 Å². The van der Waals surface area contributed by atoms with Crippen LogP contribution in [0.15, 0.2) is 83.4 Å². The van der Waals surface area contributed by atoms with Gasteiger partial charge in [0.1, 0.15) is 17.6 Å². The number of rotatable bonds is 8. The molecule has 2 atom stereocenters. The Morgan fingerprint density at radius 3 is 2.65 bits per heavy atom. The minimum Gasteiger partial charge on any atom is -0.465 e. The monoisotopic (exact) mass is 554 g/mol.